The standard InChI is InChI=1S/C21H23N5S/c1-13(2)15-8-10-16(11-9-15)22-21-23-20-17(6-5-7-19(20)27-25-21)18-12-26(4)24-14(18)3/h5-13H,1-4H3,(H2,22,23,25). The van der Waals surface area contributed by atoms with E-state index in [1.165, 1.54) is 5.56 Å². The predicted molar refractivity (Wildman–Crippen MR) is 114 cm³/mol. The predicted octanol–water partition coefficient (Wildman–Crippen LogP) is 5.23. The lowest BCUT2D eigenvalue weighted by molar-refractivity contribution is 0.756. The smallest absolute Gasteiger partial charge is 0.211 e. The first-order valence-electron chi connectivity index (χ1n) is 9.03. The Bertz CT molecular complexity index is 1000. The second kappa shape index (κ2) is 7.12. The number of fused-ring (bicyclic) bond motifs is 1. The fourth-order valence-electron chi connectivity index (χ4n) is 3.18. The Balaban J connectivity index is 1.67. The second-order valence-electron chi connectivity index (χ2n) is 7.02. The minimum absolute atomic E-state index is 0.525. The molecule has 0 unspecified atom stereocenters. The highest BCUT2D eigenvalue weighted by atomic mass is 32.2. The summed E-state index contributed by atoms with van der Waals surface area (Å²) in [5.41, 5.74) is 6.53. The van der Waals surface area contributed by atoms with Gasteiger partial charge in [-0.15, -0.1) is 0 Å². The van der Waals surface area contributed by atoms with Crippen LogP contribution in [-0.2, 0) is 7.05 Å². The molecule has 0 amide bonds. The maximum Gasteiger partial charge on any atom is 0.211 e. The van der Waals surface area contributed by atoms with Crippen LogP contribution in [0.2, 0.25) is 0 Å². The molecule has 0 fully saturated rings. The van der Waals surface area contributed by atoms with Crippen LogP contribution in [-0.4, -0.2) is 15.7 Å². The van der Waals surface area contributed by atoms with E-state index < -0.39 is 0 Å². The Kier molecular flexibility index (Phi) is 4.66. The monoisotopic (exact) mass is 377 g/mol. The summed E-state index contributed by atoms with van der Waals surface area (Å²) >= 11 is 1.58. The van der Waals surface area contributed by atoms with Crippen molar-refractivity contribution < 1.29 is 0 Å². The van der Waals surface area contributed by atoms with E-state index in [1.807, 2.05) is 24.9 Å². The first-order valence-corrected chi connectivity index (χ1v) is 9.85. The van der Waals surface area contributed by atoms with Gasteiger partial charge in [0.05, 0.1) is 16.3 Å². The lowest BCUT2D eigenvalue weighted by Gasteiger charge is -2.20. The summed E-state index contributed by atoms with van der Waals surface area (Å²) in [6, 6.07) is 14.7. The van der Waals surface area contributed by atoms with E-state index in [-0.39, 0.29) is 0 Å². The molecule has 0 atom stereocenters. The zero-order chi connectivity index (χ0) is 19.0. The molecule has 5 nitrogen and oxygen atoms in total. The van der Waals surface area contributed by atoms with Crippen molar-refractivity contribution in [2.24, 2.45) is 12.0 Å². The molecule has 0 saturated carbocycles. The van der Waals surface area contributed by atoms with E-state index in [0.717, 1.165) is 39.1 Å². The summed E-state index contributed by atoms with van der Waals surface area (Å²) in [6.45, 7) is 6.43. The lowest BCUT2D eigenvalue weighted by atomic mass is 10.0. The summed E-state index contributed by atoms with van der Waals surface area (Å²) in [4.78, 5) is 5.97. The van der Waals surface area contributed by atoms with Crippen molar-refractivity contribution in [2.45, 2.75) is 31.6 Å². The van der Waals surface area contributed by atoms with Gasteiger partial charge in [-0.2, -0.15) is 5.10 Å². The molecule has 0 spiro atoms. The number of aryl methyl sites for hydroxylation is 2. The van der Waals surface area contributed by atoms with Gasteiger partial charge in [-0.05, 0) is 48.6 Å². The van der Waals surface area contributed by atoms with Gasteiger partial charge in [0.15, 0.2) is 0 Å². The van der Waals surface area contributed by atoms with Gasteiger partial charge in [-0.3, -0.25) is 9.40 Å². The number of rotatable bonds is 3. The van der Waals surface area contributed by atoms with E-state index in [2.05, 4.69) is 71.4 Å². The lowest BCUT2D eigenvalue weighted by Crippen LogP contribution is -2.26. The maximum absolute atomic E-state index is 4.86. The molecule has 0 radical (unpaired) electrons. The van der Waals surface area contributed by atoms with Gasteiger partial charge in [-0.25, -0.2) is 4.99 Å². The molecule has 2 N–H and O–H groups in total. The van der Waals surface area contributed by atoms with Crippen molar-refractivity contribution in [1.29, 1.82) is 0 Å². The van der Waals surface area contributed by atoms with Crippen molar-refractivity contribution in [3.8, 4) is 11.1 Å². The summed E-state index contributed by atoms with van der Waals surface area (Å²) < 4.78 is 5.14. The third kappa shape index (κ3) is 3.57. The average molecular weight is 378 g/mol. The summed E-state index contributed by atoms with van der Waals surface area (Å²) in [5.74, 6) is 1.26. The summed E-state index contributed by atoms with van der Waals surface area (Å²) in [6.07, 6.45) is 2.05. The van der Waals surface area contributed by atoms with Gasteiger partial charge < -0.3 is 5.32 Å². The zero-order valence-electron chi connectivity index (χ0n) is 15.9. The normalized spacial score (nSPS) is 13.1. The molecule has 6 heteroatoms. The molecular formula is C21H23N5S. The first kappa shape index (κ1) is 17.7. The van der Waals surface area contributed by atoms with Crippen LogP contribution in [0.4, 0.5) is 11.4 Å². The molecule has 2 aromatic carbocycles. The highest BCUT2D eigenvalue weighted by Crippen LogP contribution is 2.40. The number of nitrogens with one attached hydrogen (secondary N) is 2. The topological polar surface area (TPSA) is 54.2 Å². The number of aliphatic imine (C=N–C) groups is 1. The van der Waals surface area contributed by atoms with E-state index >= 15 is 0 Å². The van der Waals surface area contributed by atoms with E-state index in [9.17, 15) is 0 Å². The molecule has 2 heterocycles. The Labute approximate surface area is 164 Å². The Morgan fingerprint density at radius 1 is 1.07 bits per heavy atom. The molecule has 1 aliphatic heterocycles. The van der Waals surface area contributed by atoms with Crippen molar-refractivity contribution >= 4 is 29.3 Å². The molecule has 138 valence electrons. The molecule has 3 aromatic rings. The highest BCUT2D eigenvalue weighted by molar-refractivity contribution is 7.98. The number of para-hydroxylation sites is 1. The number of anilines is 1. The van der Waals surface area contributed by atoms with Crippen molar-refractivity contribution in [3.63, 3.8) is 0 Å². The number of hydrogen-bond acceptors (Lipinski definition) is 5. The van der Waals surface area contributed by atoms with Crippen LogP contribution in [0, 0.1) is 6.92 Å². The van der Waals surface area contributed by atoms with E-state index in [0.29, 0.717) is 5.92 Å². The maximum atomic E-state index is 4.86. The van der Waals surface area contributed by atoms with Gasteiger partial charge in [-0.1, -0.05) is 38.1 Å². The second-order valence-corrected chi connectivity index (χ2v) is 7.87. The fourth-order valence-corrected chi connectivity index (χ4v) is 3.88. The number of benzene rings is 2. The van der Waals surface area contributed by atoms with Crippen LogP contribution in [0.5, 0.6) is 0 Å². The fraction of sp³-hybridized carbons (Fsp3) is 0.238. The summed E-state index contributed by atoms with van der Waals surface area (Å²) in [7, 11) is 1.94. The van der Waals surface area contributed by atoms with Crippen LogP contribution in [0.25, 0.3) is 11.1 Å². The first-order chi connectivity index (χ1) is 13.0. The van der Waals surface area contributed by atoms with Gasteiger partial charge in [0.1, 0.15) is 0 Å². The molecule has 0 saturated heterocycles. The third-order valence-corrected chi connectivity index (χ3v) is 5.47. The minimum atomic E-state index is 0.525. The number of hydrogen-bond donors (Lipinski definition) is 2. The molecular weight excluding hydrogens is 354 g/mol. The van der Waals surface area contributed by atoms with Crippen molar-refractivity contribution in [3.05, 3.63) is 59.9 Å². The highest BCUT2D eigenvalue weighted by Gasteiger charge is 2.19. The molecule has 0 bridgehead atoms. The van der Waals surface area contributed by atoms with E-state index in [4.69, 9.17) is 4.99 Å². The number of aromatic nitrogens is 2. The van der Waals surface area contributed by atoms with Gasteiger partial charge in [0.25, 0.3) is 0 Å². The SMILES string of the molecule is Cc1nn(C)cc1-c1cccc2c1N=C(Nc1ccc(C(C)C)cc1)NS2. The largest absolute Gasteiger partial charge is 0.325 e. The zero-order valence-corrected chi connectivity index (χ0v) is 16.8. The number of nitrogens with zero attached hydrogens (tertiary/aromatic N) is 3. The van der Waals surface area contributed by atoms with Crippen LogP contribution < -0.4 is 10.0 Å². The average Bonchev–Trinajstić information content (AvgIpc) is 2.99. The third-order valence-electron chi connectivity index (χ3n) is 4.62. The summed E-state index contributed by atoms with van der Waals surface area (Å²) in [5, 5.41) is 7.86. The van der Waals surface area contributed by atoms with Crippen molar-refractivity contribution in [1.82, 2.24) is 14.5 Å². The van der Waals surface area contributed by atoms with E-state index in [1.54, 1.807) is 11.9 Å². The van der Waals surface area contributed by atoms with Crippen LogP contribution in [0.1, 0.15) is 31.0 Å². The molecule has 1 aromatic heterocycles. The Morgan fingerprint density at radius 2 is 1.85 bits per heavy atom. The van der Waals surface area contributed by atoms with Gasteiger partial charge in [0.2, 0.25) is 5.96 Å². The molecule has 4 rings (SSSR count). The molecule has 0 aliphatic carbocycles. The van der Waals surface area contributed by atoms with Crippen molar-refractivity contribution in [2.75, 3.05) is 5.32 Å². The van der Waals surface area contributed by atoms with Gasteiger partial charge in [0, 0.05) is 30.1 Å². The Hall–Kier alpha value is -2.73. The minimum Gasteiger partial charge on any atom is -0.325 e. The number of guanidine groups is 1. The Morgan fingerprint density at radius 3 is 2.52 bits per heavy atom. The van der Waals surface area contributed by atoms with Crippen LogP contribution in [0.15, 0.2) is 58.5 Å². The quantitative estimate of drug-likeness (QED) is 0.614. The molecule has 27 heavy (non-hydrogen) atoms. The van der Waals surface area contributed by atoms with Gasteiger partial charge >= 0.3 is 0 Å². The van der Waals surface area contributed by atoms with Crippen LogP contribution in [0.3, 0.4) is 0 Å². The molecule has 1 aliphatic rings. The van der Waals surface area contributed by atoms with Crippen LogP contribution >= 0.6 is 11.9 Å².